The van der Waals surface area contributed by atoms with Crippen LogP contribution in [0.2, 0.25) is 0 Å². The number of fused-ring (bicyclic) bond motifs is 1. The molecule has 2 amide bonds. The van der Waals surface area contributed by atoms with Gasteiger partial charge in [0.1, 0.15) is 5.69 Å². The van der Waals surface area contributed by atoms with Crippen LogP contribution in [0, 0.1) is 6.92 Å². The third-order valence-electron chi connectivity index (χ3n) is 4.39. The van der Waals surface area contributed by atoms with Gasteiger partial charge in [0.2, 0.25) is 0 Å². The number of rotatable bonds is 3. The second-order valence-corrected chi connectivity index (χ2v) is 6.44. The number of carbonyl (C=O) groups is 2. The summed E-state index contributed by atoms with van der Waals surface area (Å²) < 4.78 is 0. The fraction of sp³-hybridized carbons (Fsp3) is 0.0455. The maximum Gasteiger partial charge on any atom is 0.289 e. The third kappa shape index (κ3) is 3.93. The van der Waals surface area contributed by atoms with E-state index in [1.165, 1.54) is 18.6 Å². The normalized spacial score (nSPS) is 10.5. The molecule has 0 bridgehead atoms. The maximum atomic E-state index is 12.8. The summed E-state index contributed by atoms with van der Waals surface area (Å²) in [5.41, 5.74) is 8.73. The Morgan fingerprint density at radius 1 is 0.897 bits per heavy atom. The van der Waals surface area contributed by atoms with Gasteiger partial charge in [-0.3, -0.25) is 25.4 Å². The zero-order chi connectivity index (χ0) is 20.2. The van der Waals surface area contributed by atoms with Crippen LogP contribution < -0.4 is 10.9 Å². The van der Waals surface area contributed by atoms with Gasteiger partial charge in [-0.2, -0.15) is 0 Å². The minimum Gasteiger partial charge on any atom is -0.267 e. The monoisotopic (exact) mass is 383 g/mol. The number of benzene rings is 2. The highest BCUT2D eigenvalue weighted by molar-refractivity contribution is 6.08. The predicted molar refractivity (Wildman–Crippen MR) is 109 cm³/mol. The molecule has 2 heterocycles. The van der Waals surface area contributed by atoms with E-state index in [0.29, 0.717) is 22.2 Å². The highest BCUT2D eigenvalue weighted by Crippen LogP contribution is 2.25. The zero-order valence-electron chi connectivity index (χ0n) is 15.6. The predicted octanol–water partition coefficient (Wildman–Crippen LogP) is 3.08. The summed E-state index contributed by atoms with van der Waals surface area (Å²) in [4.78, 5) is 37.4. The first-order valence-corrected chi connectivity index (χ1v) is 8.95. The minimum absolute atomic E-state index is 0.104. The average Bonchev–Trinajstić information content (AvgIpc) is 2.77. The summed E-state index contributed by atoms with van der Waals surface area (Å²) in [6.45, 7) is 2.01. The Morgan fingerprint density at radius 3 is 2.41 bits per heavy atom. The number of amides is 2. The topological polar surface area (TPSA) is 96.9 Å². The molecule has 0 aliphatic rings. The van der Waals surface area contributed by atoms with E-state index in [9.17, 15) is 9.59 Å². The number of hydrogen-bond acceptors (Lipinski definition) is 5. The number of carbonyl (C=O) groups excluding carboxylic acids is 2. The summed E-state index contributed by atoms with van der Waals surface area (Å²) in [6.07, 6.45) is 4.19. The number of pyridine rings is 1. The highest BCUT2D eigenvalue weighted by Gasteiger charge is 2.15. The van der Waals surface area contributed by atoms with Crippen molar-refractivity contribution in [3.63, 3.8) is 0 Å². The SMILES string of the molecule is Cc1ccc(-c2cc(C(=O)NNC(=O)c3cnccn3)c3ccccc3n2)cc1. The molecule has 142 valence electrons. The van der Waals surface area contributed by atoms with E-state index in [2.05, 4.69) is 25.8 Å². The van der Waals surface area contributed by atoms with Crippen LogP contribution in [0.3, 0.4) is 0 Å². The first-order chi connectivity index (χ1) is 14.1. The van der Waals surface area contributed by atoms with Crippen molar-refractivity contribution in [1.82, 2.24) is 25.8 Å². The maximum absolute atomic E-state index is 12.8. The van der Waals surface area contributed by atoms with E-state index >= 15 is 0 Å². The number of nitrogens with zero attached hydrogens (tertiary/aromatic N) is 3. The molecular formula is C22H17N5O2. The number of aromatic nitrogens is 3. The highest BCUT2D eigenvalue weighted by atomic mass is 16.2. The van der Waals surface area contributed by atoms with Gasteiger partial charge in [0.05, 0.1) is 23.0 Å². The summed E-state index contributed by atoms with van der Waals surface area (Å²) in [6, 6.07) is 17.0. The zero-order valence-corrected chi connectivity index (χ0v) is 15.6. The molecule has 0 unspecified atom stereocenters. The fourth-order valence-corrected chi connectivity index (χ4v) is 2.90. The molecule has 0 radical (unpaired) electrons. The van der Waals surface area contributed by atoms with Gasteiger partial charge in [-0.25, -0.2) is 9.97 Å². The first kappa shape index (κ1) is 18.2. The van der Waals surface area contributed by atoms with Gasteiger partial charge in [-0.05, 0) is 19.1 Å². The standard InChI is InChI=1S/C22H17N5O2/c1-14-6-8-15(9-7-14)19-12-17(16-4-2-3-5-18(16)25-19)21(28)26-27-22(29)20-13-23-10-11-24-20/h2-13H,1H3,(H,26,28)(H,27,29). The number of nitrogens with one attached hydrogen (secondary N) is 2. The molecule has 0 atom stereocenters. The fourth-order valence-electron chi connectivity index (χ4n) is 2.90. The summed E-state index contributed by atoms with van der Waals surface area (Å²) in [7, 11) is 0. The number of hydrazine groups is 1. The second-order valence-electron chi connectivity index (χ2n) is 6.44. The van der Waals surface area contributed by atoms with Crippen molar-refractivity contribution in [2.75, 3.05) is 0 Å². The Labute approximate surface area is 166 Å². The van der Waals surface area contributed by atoms with Gasteiger partial charge in [0.25, 0.3) is 11.8 Å². The lowest BCUT2D eigenvalue weighted by atomic mass is 10.0. The van der Waals surface area contributed by atoms with Crippen molar-refractivity contribution in [3.8, 4) is 11.3 Å². The molecule has 2 aromatic heterocycles. The largest absolute Gasteiger partial charge is 0.289 e. The third-order valence-corrected chi connectivity index (χ3v) is 4.39. The molecule has 0 spiro atoms. The molecule has 29 heavy (non-hydrogen) atoms. The summed E-state index contributed by atoms with van der Waals surface area (Å²) in [5, 5.41) is 0.689. The van der Waals surface area contributed by atoms with Crippen molar-refractivity contribution in [2.45, 2.75) is 6.92 Å². The lowest BCUT2D eigenvalue weighted by molar-refractivity contribution is 0.0844. The van der Waals surface area contributed by atoms with Gasteiger partial charge in [0, 0.05) is 23.3 Å². The molecule has 2 N–H and O–H groups in total. The van der Waals surface area contributed by atoms with E-state index in [-0.39, 0.29) is 5.69 Å². The molecule has 0 fully saturated rings. The van der Waals surface area contributed by atoms with E-state index in [1.54, 1.807) is 6.07 Å². The molecule has 0 saturated heterocycles. The van der Waals surface area contributed by atoms with Crippen molar-refractivity contribution in [2.24, 2.45) is 0 Å². The van der Waals surface area contributed by atoms with Crippen molar-refractivity contribution >= 4 is 22.7 Å². The van der Waals surface area contributed by atoms with Crippen LogP contribution in [0.5, 0.6) is 0 Å². The van der Waals surface area contributed by atoms with Crippen LogP contribution in [-0.4, -0.2) is 26.8 Å². The second kappa shape index (κ2) is 7.85. The van der Waals surface area contributed by atoms with Gasteiger partial charge in [0.15, 0.2) is 0 Å². The average molecular weight is 383 g/mol. The van der Waals surface area contributed by atoms with E-state index in [0.717, 1.165) is 11.1 Å². The molecule has 4 aromatic rings. The lowest BCUT2D eigenvalue weighted by Crippen LogP contribution is -2.42. The van der Waals surface area contributed by atoms with Crippen LogP contribution >= 0.6 is 0 Å². The van der Waals surface area contributed by atoms with Crippen LogP contribution in [0.15, 0.2) is 73.2 Å². The number of hydrogen-bond donors (Lipinski definition) is 2. The van der Waals surface area contributed by atoms with E-state index in [1.807, 2.05) is 55.5 Å². The smallest absolute Gasteiger partial charge is 0.267 e. The van der Waals surface area contributed by atoms with E-state index < -0.39 is 11.8 Å². The molecule has 7 heteroatoms. The van der Waals surface area contributed by atoms with Gasteiger partial charge < -0.3 is 0 Å². The molecule has 7 nitrogen and oxygen atoms in total. The Balaban J connectivity index is 1.65. The Bertz CT molecular complexity index is 1190. The molecule has 4 rings (SSSR count). The molecule has 0 saturated carbocycles. The van der Waals surface area contributed by atoms with Crippen LogP contribution in [-0.2, 0) is 0 Å². The molecule has 0 aliphatic carbocycles. The van der Waals surface area contributed by atoms with E-state index in [4.69, 9.17) is 0 Å². The van der Waals surface area contributed by atoms with Crippen LogP contribution in [0.25, 0.3) is 22.2 Å². The lowest BCUT2D eigenvalue weighted by Gasteiger charge is -2.11. The number of para-hydroxylation sites is 1. The summed E-state index contributed by atoms with van der Waals surface area (Å²) >= 11 is 0. The molecule has 0 aliphatic heterocycles. The number of aryl methyl sites for hydroxylation is 1. The first-order valence-electron chi connectivity index (χ1n) is 8.95. The van der Waals surface area contributed by atoms with Gasteiger partial charge in [-0.15, -0.1) is 0 Å². The van der Waals surface area contributed by atoms with Gasteiger partial charge >= 0.3 is 0 Å². The minimum atomic E-state index is -0.552. The van der Waals surface area contributed by atoms with Crippen LogP contribution in [0.1, 0.15) is 26.4 Å². The van der Waals surface area contributed by atoms with Crippen molar-refractivity contribution < 1.29 is 9.59 Å². The molecule has 2 aromatic carbocycles. The Hall–Kier alpha value is -4.13. The Morgan fingerprint density at radius 2 is 1.66 bits per heavy atom. The molecular weight excluding hydrogens is 366 g/mol. The van der Waals surface area contributed by atoms with Crippen molar-refractivity contribution in [1.29, 1.82) is 0 Å². The van der Waals surface area contributed by atoms with Gasteiger partial charge in [-0.1, -0.05) is 48.0 Å². The van der Waals surface area contributed by atoms with Crippen molar-refractivity contribution in [3.05, 3.63) is 90.0 Å². The summed E-state index contributed by atoms with van der Waals surface area (Å²) in [5.74, 6) is -1.00. The quantitative estimate of drug-likeness (QED) is 0.530. The van der Waals surface area contributed by atoms with Crippen LogP contribution in [0.4, 0.5) is 0 Å². The Kier molecular flexibility index (Phi) is 4.94.